The van der Waals surface area contributed by atoms with Gasteiger partial charge in [0.1, 0.15) is 0 Å². The number of rotatable bonds is 4. The van der Waals surface area contributed by atoms with Gasteiger partial charge in [0.15, 0.2) is 0 Å². The summed E-state index contributed by atoms with van der Waals surface area (Å²) in [6.45, 7) is 2.71. The van der Waals surface area contributed by atoms with Crippen LogP contribution < -0.4 is 11.1 Å². The summed E-state index contributed by atoms with van der Waals surface area (Å²) in [6.07, 6.45) is 9.26. The zero-order valence-electron chi connectivity index (χ0n) is 7.72. The minimum absolute atomic E-state index is 0.152. The van der Waals surface area contributed by atoms with Crippen LogP contribution in [0.4, 0.5) is 0 Å². The maximum atomic E-state index is 5.66. The Morgan fingerprint density at radius 2 is 2.33 bits per heavy atom. The predicted molar refractivity (Wildman–Crippen MR) is 51.6 cm³/mol. The molecule has 1 rings (SSSR count). The van der Waals surface area contributed by atoms with Crippen LogP contribution in [0.2, 0.25) is 0 Å². The van der Waals surface area contributed by atoms with Gasteiger partial charge in [0.25, 0.3) is 0 Å². The van der Waals surface area contributed by atoms with E-state index in [4.69, 9.17) is 12.2 Å². The molecule has 2 unspecified atom stereocenters. The van der Waals surface area contributed by atoms with Crippen LogP contribution in [0, 0.1) is 18.3 Å². The fourth-order valence-corrected chi connectivity index (χ4v) is 1.61. The number of nitrogens with two attached hydrogens (primary N) is 1. The van der Waals surface area contributed by atoms with Crippen LogP contribution >= 0.6 is 0 Å². The highest BCUT2D eigenvalue weighted by Crippen LogP contribution is 2.29. The highest BCUT2D eigenvalue weighted by atomic mass is 15.0. The first kappa shape index (κ1) is 9.57. The molecular formula is C10H18N2. The van der Waals surface area contributed by atoms with Gasteiger partial charge in [-0.05, 0) is 25.7 Å². The van der Waals surface area contributed by atoms with Crippen molar-refractivity contribution in [1.29, 1.82) is 0 Å². The van der Waals surface area contributed by atoms with Crippen LogP contribution in [0.25, 0.3) is 0 Å². The zero-order valence-corrected chi connectivity index (χ0v) is 7.72. The van der Waals surface area contributed by atoms with Crippen LogP contribution in [-0.2, 0) is 0 Å². The van der Waals surface area contributed by atoms with Gasteiger partial charge in [-0.2, -0.15) is 0 Å². The summed E-state index contributed by atoms with van der Waals surface area (Å²) in [5, 5.41) is 3.36. The van der Waals surface area contributed by atoms with E-state index in [0.29, 0.717) is 12.6 Å². The first-order chi connectivity index (χ1) is 5.77. The van der Waals surface area contributed by atoms with E-state index in [2.05, 4.69) is 11.2 Å². The third-order valence-corrected chi connectivity index (χ3v) is 2.69. The van der Waals surface area contributed by atoms with Crippen molar-refractivity contribution in [2.75, 3.05) is 6.54 Å². The molecule has 0 amide bonds. The van der Waals surface area contributed by atoms with Crippen molar-refractivity contribution < 1.29 is 0 Å². The summed E-state index contributed by atoms with van der Waals surface area (Å²) in [7, 11) is 0. The molecule has 0 aliphatic heterocycles. The van der Waals surface area contributed by atoms with Gasteiger partial charge in [-0.3, -0.25) is 5.32 Å². The molecule has 1 aliphatic rings. The van der Waals surface area contributed by atoms with Crippen molar-refractivity contribution in [2.45, 2.75) is 38.3 Å². The van der Waals surface area contributed by atoms with Crippen molar-refractivity contribution in [3.8, 4) is 12.3 Å². The fraction of sp³-hybridized carbons (Fsp3) is 0.800. The van der Waals surface area contributed by atoms with Gasteiger partial charge in [0, 0.05) is 12.6 Å². The lowest BCUT2D eigenvalue weighted by Crippen LogP contribution is -2.47. The van der Waals surface area contributed by atoms with Gasteiger partial charge in [0.05, 0.1) is 6.04 Å². The Morgan fingerprint density at radius 3 is 2.67 bits per heavy atom. The molecule has 0 bridgehead atoms. The van der Waals surface area contributed by atoms with E-state index in [1.165, 1.54) is 19.3 Å². The van der Waals surface area contributed by atoms with E-state index < -0.39 is 0 Å². The summed E-state index contributed by atoms with van der Waals surface area (Å²) in [6, 6.07) is 0.587. The monoisotopic (exact) mass is 166 g/mol. The van der Waals surface area contributed by atoms with Gasteiger partial charge in [-0.1, -0.05) is 12.3 Å². The van der Waals surface area contributed by atoms with Crippen LogP contribution in [0.15, 0.2) is 0 Å². The SMILES string of the molecule is C#CC(C)NC(CN)C1CCC1. The van der Waals surface area contributed by atoms with Crippen LogP contribution in [-0.4, -0.2) is 18.6 Å². The lowest BCUT2D eigenvalue weighted by atomic mass is 9.79. The maximum Gasteiger partial charge on any atom is 0.0660 e. The molecule has 0 aromatic heterocycles. The number of hydrogen-bond acceptors (Lipinski definition) is 2. The van der Waals surface area contributed by atoms with Crippen LogP contribution in [0.3, 0.4) is 0 Å². The summed E-state index contributed by atoms with van der Waals surface area (Å²) in [5.41, 5.74) is 5.66. The highest BCUT2D eigenvalue weighted by molar-refractivity contribution is 4.98. The molecule has 12 heavy (non-hydrogen) atoms. The lowest BCUT2D eigenvalue weighted by Gasteiger charge is -2.34. The van der Waals surface area contributed by atoms with E-state index in [0.717, 1.165) is 5.92 Å². The first-order valence-electron chi connectivity index (χ1n) is 4.70. The van der Waals surface area contributed by atoms with Gasteiger partial charge >= 0.3 is 0 Å². The lowest BCUT2D eigenvalue weighted by molar-refractivity contribution is 0.228. The van der Waals surface area contributed by atoms with Gasteiger partial charge in [0.2, 0.25) is 0 Å². The summed E-state index contributed by atoms with van der Waals surface area (Å²) in [4.78, 5) is 0. The molecule has 1 fully saturated rings. The van der Waals surface area contributed by atoms with Crippen LogP contribution in [0.1, 0.15) is 26.2 Å². The largest absolute Gasteiger partial charge is 0.329 e. The minimum atomic E-state index is 0.152. The third-order valence-electron chi connectivity index (χ3n) is 2.69. The second-order valence-electron chi connectivity index (χ2n) is 3.59. The molecular weight excluding hydrogens is 148 g/mol. The summed E-state index contributed by atoms with van der Waals surface area (Å²) < 4.78 is 0. The Kier molecular flexibility index (Phi) is 3.58. The second kappa shape index (κ2) is 4.49. The maximum absolute atomic E-state index is 5.66. The molecule has 0 heterocycles. The smallest absolute Gasteiger partial charge is 0.0660 e. The van der Waals surface area contributed by atoms with Crippen LogP contribution in [0.5, 0.6) is 0 Å². The molecule has 0 spiro atoms. The van der Waals surface area contributed by atoms with Crippen molar-refractivity contribution in [3.05, 3.63) is 0 Å². The molecule has 68 valence electrons. The Hall–Kier alpha value is -0.520. The quantitative estimate of drug-likeness (QED) is 0.604. The number of nitrogens with one attached hydrogen (secondary N) is 1. The Bertz CT molecular complexity index is 167. The molecule has 2 heteroatoms. The minimum Gasteiger partial charge on any atom is -0.329 e. The topological polar surface area (TPSA) is 38.0 Å². The standard InChI is InChI=1S/C10H18N2/c1-3-8(2)12-10(7-11)9-5-4-6-9/h1,8-10,12H,4-7,11H2,2H3. The highest BCUT2D eigenvalue weighted by Gasteiger charge is 2.26. The molecule has 1 aliphatic carbocycles. The molecule has 3 N–H and O–H groups in total. The average molecular weight is 166 g/mol. The molecule has 0 saturated heterocycles. The fourth-order valence-electron chi connectivity index (χ4n) is 1.61. The summed E-state index contributed by atoms with van der Waals surface area (Å²) >= 11 is 0. The van der Waals surface area contributed by atoms with Gasteiger partial charge in [-0.25, -0.2) is 0 Å². The van der Waals surface area contributed by atoms with Gasteiger partial charge < -0.3 is 5.73 Å². The number of terminal acetylenes is 1. The van der Waals surface area contributed by atoms with Crippen molar-refractivity contribution >= 4 is 0 Å². The number of hydrogen-bond donors (Lipinski definition) is 2. The zero-order chi connectivity index (χ0) is 8.97. The van der Waals surface area contributed by atoms with E-state index in [1.54, 1.807) is 0 Å². The Morgan fingerprint density at radius 1 is 1.67 bits per heavy atom. The molecule has 2 atom stereocenters. The van der Waals surface area contributed by atoms with Crippen molar-refractivity contribution in [1.82, 2.24) is 5.32 Å². The molecule has 0 aromatic carbocycles. The van der Waals surface area contributed by atoms with E-state index in [9.17, 15) is 0 Å². The van der Waals surface area contributed by atoms with Crippen molar-refractivity contribution in [3.63, 3.8) is 0 Å². The predicted octanol–water partition coefficient (Wildman–Crippen LogP) is 0.725. The second-order valence-corrected chi connectivity index (χ2v) is 3.59. The Balaban J connectivity index is 2.30. The van der Waals surface area contributed by atoms with Crippen molar-refractivity contribution in [2.24, 2.45) is 11.7 Å². The van der Waals surface area contributed by atoms with Gasteiger partial charge in [-0.15, -0.1) is 6.42 Å². The molecule has 0 radical (unpaired) electrons. The Labute approximate surface area is 74.9 Å². The molecule has 0 aromatic rings. The summed E-state index contributed by atoms with van der Waals surface area (Å²) in [5.74, 6) is 3.44. The molecule has 1 saturated carbocycles. The van der Waals surface area contributed by atoms with E-state index >= 15 is 0 Å². The average Bonchev–Trinajstić information content (AvgIpc) is 1.99. The third kappa shape index (κ3) is 2.23. The van der Waals surface area contributed by atoms with E-state index in [-0.39, 0.29) is 6.04 Å². The van der Waals surface area contributed by atoms with E-state index in [1.807, 2.05) is 6.92 Å². The first-order valence-corrected chi connectivity index (χ1v) is 4.70. The normalized spacial score (nSPS) is 22.4. The molecule has 2 nitrogen and oxygen atoms in total.